The third-order valence-electron chi connectivity index (χ3n) is 4.01. The molecule has 1 aromatic rings. The van der Waals surface area contributed by atoms with Gasteiger partial charge in [-0.25, -0.2) is 4.39 Å². The molecule has 1 saturated heterocycles. The van der Waals surface area contributed by atoms with E-state index in [4.69, 9.17) is 5.73 Å². The number of rotatable bonds is 3. The predicted octanol–water partition coefficient (Wildman–Crippen LogP) is 2.25. The summed E-state index contributed by atoms with van der Waals surface area (Å²) in [5.41, 5.74) is 7.39. The number of hydrogen-bond acceptors (Lipinski definition) is 3. The Kier molecular flexibility index (Phi) is 4.66. The largest absolute Gasteiger partial charge is 0.367 e. The first-order chi connectivity index (χ1) is 9.41. The molecule has 0 saturated carbocycles. The maximum absolute atomic E-state index is 14.2. The maximum Gasteiger partial charge on any atom is 0.146 e. The van der Waals surface area contributed by atoms with Gasteiger partial charge in [0.1, 0.15) is 5.82 Å². The molecule has 0 spiro atoms. The number of benzene rings is 1. The lowest BCUT2D eigenvalue weighted by atomic mass is 10.0. The Bertz CT molecular complexity index is 446. The van der Waals surface area contributed by atoms with Crippen LogP contribution in [0.2, 0.25) is 0 Å². The standard InChI is InChI=1S/C16H26FN3/c1-16(2,3)20-10-8-19(9-11-20)15-5-4-13(6-7-18)12-14(15)17/h4-5,12H,6-11,18H2,1-3H3. The highest BCUT2D eigenvalue weighted by Gasteiger charge is 2.26. The van der Waals surface area contributed by atoms with Crippen molar-refractivity contribution in [1.82, 2.24) is 4.90 Å². The molecule has 1 heterocycles. The fourth-order valence-corrected chi connectivity index (χ4v) is 2.75. The van der Waals surface area contributed by atoms with Crippen LogP contribution in [0.1, 0.15) is 26.3 Å². The van der Waals surface area contributed by atoms with Crippen molar-refractivity contribution in [3.63, 3.8) is 0 Å². The van der Waals surface area contributed by atoms with Gasteiger partial charge < -0.3 is 10.6 Å². The number of hydrogen-bond donors (Lipinski definition) is 1. The van der Waals surface area contributed by atoms with Gasteiger partial charge in [-0.2, -0.15) is 0 Å². The summed E-state index contributed by atoms with van der Waals surface area (Å²) in [7, 11) is 0. The van der Waals surface area contributed by atoms with Gasteiger partial charge >= 0.3 is 0 Å². The van der Waals surface area contributed by atoms with Crippen LogP contribution in [0.5, 0.6) is 0 Å². The smallest absolute Gasteiger partial charge is 0.146 e. The monoisotopic (exact) mass is 279 g/mol. The van der Waals surface area contributed by atoms with E-state index in [9.17, 15) is 4.39 Å². The Morgan fingerprint density at radius 1 is 1.15 bits per heavy atom. The Morgan fingerprint density at radius 3 is 2.30 bits per heavy atom. The van der Waals surface area contributed by atoms with Crippen molar-refractivity contribution in [3.8, 4) is 0 Å². The quantitative estimate of drug-likeness (QED) is 0.921. The number of halogens is 1. The lowest BCUT2D eigenvalue weighted by Crippen LogP contribution is -2.53. The molecule has 1 aromatic carbocycles. The molecular formula is C16H26FN3. The van der Waals surface area contributed by atoms with Gasteiger partial charge in [-0.05, 0) is 51.4 Å². The van der Waals surface area contributed by atoms with Gasteiger partial charge in [0, 0.05) is 31.7 Å². The summed E-state index contributed by atoms with van der Waals surface area (Å²) in [6.45, 7) is 11.0. The molecule has 20 heavy (non-hydrogen) atoms. The van der Waals surface area contributed by atoms with Crippen molar-refractivity contribution >= 4 is 5.69 Å². The minimum absolute atomic E-state index is 0.125. The molecule has 4 heteroatoms. The first-order valence-corrected chi connectivity index (χ1v) is 7.40. The van der Waals surface area contributed by atoms with E-state index in [0.29, 0.717) is 6.54 Å². The summed E-state index contributed by atoms with van der Waals surface area (Å²) in [6, 6.07) is 5.51. The second-order valence-corrected chi connectivity index (χ2v) is 6.47. The molecule has 2 rings (SSSR count). The average molecular weight is 279 g/mol. The molecule has 0 bridgehead atoms. The van der Waals surface area contributed by atoms with Crippen LogP contribution in [0.4, 0.5) is 10.1 Å². The van der Waals surface area contributed by atoms with Crippen LogP contribution in [-0.4, -0.2) is 43.2 Å². The molecule has 1 fully saturated rings. The number of anilines is 1. The highest BCUT2D eigenvalue weighted by atomic mass is 19.1. The predicted molar refractivity (Wildman–Crippen MR) is 82.7 cm³/mol. The lowest BCUT2D eigenvalue weighted by Gasteiger charge is -2.43. The molecule has 3 nitrogen and oxygen atoms in total. The topological polar surface area (TPSA) is 32.5 Å². The van der Waals surface area contributed by atoms with Crippen LogP contribution >= 0.6 is 0 Å². The molecule has 0 aromatic heterocycles. The second-order valence-electron chi connectivity index (χ2n) is 6.47. The Labute approximate surface area is 121 Å². The fourth-order valence-electron chi connectivity index (χ4n) is 2.75. The number of piperazine rings is 1. The zero-order valence-electron chi connectivity index (χ0n) is 12.8. The maximum atomic E-state index is 14.2. The van der Waals surface area contributed by atoms with Crippen LogP contribution in [0.3, 0.4) is 0 Å². The molecule has 0 atom stereocenters. The minimum atomic E-state index is -0.125. The fraction of sp³-hybridized carbons (Fsp3) is 0.625. The summed E-state index contributed by atoms with van der Waals surface area (Å²) >= 11 is 0. The van der Waals surface area contributed by atoms with E-state index in [1.54, 1.807) is 6.07 Å². The van der Waals surface area contributed by atoms with Gasteiger partial charge in [-0.3, -0.25) is 4.90 Å². The van der Waals surface area contributed by atoms with Crippen LogP contribution in [0.25, 0.3) is 0 Å². The molecule has 0 amide bonds. The van der Waals surface area contributed by atoms with E-state index in [2.05, 4.69) is 30.6 Å². The zero-order chi connectivity index (χ0) is 14.8. The van der Waals surface area contributed by atoms with Crippen LogP contribution in [-0.2, 0) is 6.42 Å². The van der Waals surface area contributed by atoms with Gasteiger partial charge in [-0.1, -0.05) is 6.07 Å². The van der Waals surface area contributed by atoms with Crippen LogP contribution in [0, 0.1) is 5.82 Å². The summed E-state index contributed by atoms with van der Waals surface area (Å²) in [5.74, 6) is -0.125. The number of nitrogens with two attached hydrogens (primary N) is 1. The van der Waals surface area contributed by atoms with E-state index >= 15 is 0 Å². The Morgan fingerprint density at radius 2 is 1.80 bits per heavy atom. The third kappa shape index (κ3) is 3.49. The van der Waals surface area contributed by atoms with Crippen LogP contribution in [0.15, 0.2) is 18.2 Å². The van der Waals surface area contributed by atoms with Crippen LogP contribution < -0.4 is 10.6 Å². The summed E-state index contributed by atoms with van der Waals surface area (Å²) < 4.78 is 14.2. The van der Waals surface area contributed by atoms with Gasteiger partial charge in [0.15, 0.2) is 0 Å². The van der Waals surface area contributed by atoms with Gasteiger partial charge in [0.05, 0.1) is 5.69 Å². The second kappa shape index (κ2) is 6.10. The first-order valence-electron chi connectivity index (χ1n) is 7.40. The highest BCUT2D eigenvalue weighted by Crippen LogP contribution is 2.24. The van der Waals surface area contributed by atoms with Crippen molar-refractivity contribution < 1.29 is 4.39 Å². The highest BCUT2D eigenvalue weighted by molar-refractivity contribution is 5.49. The van der Waals surface area contributed by atoms with Crippen molar-refractivity contribution in [1.29, 1.82) is 0 Å². The lowest BCUT2D eigenvalue weighted by molar-refractivity contribution is 0.128. The SMILES string of the molecule is CC(C)(C)N1CCN(c2ccc(CCN)cc2F)CC1. The molecule has 1 aliphatic rings. The molecule has 0 radical (unpaired) electrons. The molecule has 112 valence electrons. The molecular weight excluding hydrogens is 253 g/mol. The molecule has 0 unspecified atom stereocenters. The van der Waals surface area contributed by atoms with E-state index in [1.807, 2.05) is 12.1 Å². The summed E-state index contributed by atoms with van der Waals surface area (Å²) in [4.78, 5) is 4.59. The molecule has 2 N–H and O–H groups in total. The van der Waals surface area contributed by atoms with Crippen molar-refractivity contribution in [2.75, 3.05) is 37.6 Å². The van der Waals surface area contributed by atoms with Crippen molar-refractivity contribution in [2.45, 2.75) is 32.7 Å². The van der Waals surface area contributed by atoms with Gasteiger partial charge in [-0.15, -0.1) is 0 Å². The zero-order valence-corrected chi connectivity index (χ0v) is 12.8. The van der Waals surface area contributed by atoms with Gasteiger partial charge in [0.25, 0.3) is 0 Å². The van der Waals surface area contributed by atoms with Crippen molar-refractivity contribution in [2.24, 2.45) is 5.73 Å². The molecule has 0 aliphatic carbocycles. The minimum Gasteiger partial charge on any atom is -0.367 e. The van der Waals surface area contributed by atoms with E-state index in [0.717, 1.165) is 43.9 Å². The normalized spacial score (nSPS) is 17.6. The first kappa shape index (κ1) is 15.3. The third-order valence-corrected chi connectivity index (χ3v) is 4.01. The van der Waals surface area contributed by atoms with Gasteiger partial charge in [0.2, 0.25) is 0 Å². The summed E-state index contributed by atoms with van der Waals surface area (Å²) in [6.07, 6.45) is 0.731. The average Bonchev–Trinajstić information content (AvgIpc) is 2.38. The van der Waals surface area contributed by atoms with E-state index in [1.165, 1.54) is 0 Å². The van der Waals surface area contributed by atoms with E-state index in [-0.39, 0.29) is 11.4 Å². The summed E-state index contributed by atoms with van der Waals surface area (Å²) in [5, 5.41) is 0. The van der Waals surface area contributed by atoms with Crippen molar-refractivity contribution in [3.05, 3.63) is 29.6 Å². The molecule has 1 aliphatic heterocycles. The number of nitrogens with zero attached hydrogens (tertiary/aromatic N) is 2. The Balaban J connectivity index is 2.03. The van der Waals surface area contributed by atoms with E-state index < -0.39 is 0 Å². The Hall–Kier alpha value is -1.13.